The van der Waals surface area contributed by atoms with Crippen LogP contribution < -0.4 is 5.73 Å². The molecule has 9 nitrogen and oxygen atoms in total. The maximum absolute atomic E-state index is 11.7. The van der Waals surface area contributed by atoms with E-state index in [4.69, 9.17) is 20.4 Å². The average Bonchev–Trinajstić information content (AvgIpc) is 3.29. The van der Waals surface area contributed by atoms with Gasteiger partial charge in [0, 0.05) is 21.0 Å². The van der Waals surface area contributed by atoms with Crippen LogP contribution in [0.1, 0.15) is 10.4 Å². The summed E-state index contributed by atoms with van der Waals surface area (Å²) in [5, 5.41) is 10.0. The Morgan fingerprint density at radius 2 is 1.97 bits per heavy atom. The number of nitrogens with zero attached hydrogens (tertiary/aromatic N) is 3. The number of aromatic amines is 1. The van der Waals surface area contributed by atoms with Gasteiger partial charge in [-0.05, 0) is 18.2 Å². The maximum Gasteiger partial charge on any atom is 0.490 e. The fraction of sp³-hybridized carbons (Fsp3) is 0.118. The van der Waals surface area contributed by atoms with E-state index < -0.39 is 12.1 Å². The van der Waals surface area contributed by atoms with Crippen molar-refractivity contribution in [2.45, 2.75) is 6.18 Å². The molecule has 0 aliphatic heterocycles. The number of imidazole rings is 1. The zero-order valence-corrected chi connectivity index (χ0v) is 15.8. The molecule has 0 saturated heterocycles. The first-order valence-electron chi connectivity index (χ1n) is 7.98. The van der Waals surface area contributed by atoms with Crippen LogP contribution >= 0.6 is 11.3 Å². The second-order valence-corrected chi connectivity index (χ2v) is 6.62. The lowest BCUT2D eigenvalue weighted by molar-refractivity contribution is -0.192. The van der Waals surface area contributed by atoms with Gasteiger partial charge in [-0.15, -0.1) is 11.3 Å². The monoisotopic (exact) mass is 439 g/mol. The number of thiophene rings is 1. The van der Waals surface area contributed by atoms with Crippen LogP contribution in [-0.2, 0) is 9.53 Å². The molecule has 0 aliphatic carbocycles. The molecular weight excluding hydrogens is 427 g/mol. The number of carboxylic acids is 1. The van der Waals surface area contributed by atoms with Crippen LogP contribution in [0.4, 0.5) is 19.1 Å². The summed E-state index contributed by atoms with van der Waals surface area (Å²) in [5.41, 5.74) is 8.20. The van der Waals surface area contributed by atoms with E-state index in [1.54, 1.807) is 29.7 Å². The molecule has 156 valence electrons. The molecule has 0 amide bonds. The molecule has 0 radical (unpaired) electrons. The highest BCUT2D eigenvalue weighted by Gasteiger charge is 2.38. The molecule has 1 aromatic carbocycles. The van der Waals surface area contributed by atoms with Gasteiger partial charge in [0.1, 0.15) is 11.3 Å². The van der Waals surface area contributed by atoms with Crippen molar-refractivity contribution in [3.63, 3.8) is 0 Å². The number of fused-ring (bicyclic) bond motifs is 2. The van der Waals surface area contributed by atoms with E-state index in [2.05, 4.69) is 19.9 Å². The first-order valence-corrected chi connectivity index (χ1v) is 8.86. The summed E-state index contributed by atoms with van der Waals surface area (Å²) in [6.07, 6.45) is -3.48. The molecule has 30 heavy (non-hydrogen) atoms. The number of aliphatic carboxylic acids is 1. The molecule has 13 heteroatoms. The summed E-state index contributed by atoms with van der Waals surface area (Å²) in [7, 11) is 1.36. The van der Waals surface area contributed by atoms with Gasteiger partial charge < -0.3 is 20.6 Å². The minimum absolute atomic E-state index is 0.179. The summed E-state index contributed by atoms with van der Waals surface area (Å²) in [5.74, 6) is -2.29. The minimum atomic E-state index is -5.08. The van der Waals surface area contributed by atoms with Crippen molar-refractivity contribution in [1.29, 1.82) is 0 Å². The number of nitrogens with two attached hydrogens (primary N) is 1. The van der Waals surface area contributed by atoms with Gasteiger partial charge in [0.2, 0.25) is 5.95 Å². The number of ether oxygens (including phenoxy) is 1. The van der Waals surface area contributed by atoms with Crippen molar-refractivity contribution in [3.05, 3.63) is 35.3 Å². The number of halogens is 3. The summed E-state index contributed by atoms with van der Waals surface area (Å²) in [6, 6.07) is 5.45. The number of nitrogens with one attached hydrogen (secondary N) is 1. The highest BCUT2D eigenvalue weighted by Crippen LogP contribution is 2.34. The number of rotatable bonds is 2. The fourth-order valence-corrected chi connectivity index (χ4v) is 3.33. The number of H-pyrrole nitrogens is 1. The summed E-state index contributed by atoms with van der Waals surface area (Å²) in [6.45, 7) is 0. The highest BCUT2D eigenvalue weighted by molar-refractivity contribution is 7.17. The van der Waals surface area contributed by atoms with Crippen LogP contribution in [0.3, 0.4) is 0 Å². The predicted octanol–water partition coefficient (Wildman–Crippen LogP) is 3.24. The molecule has 0 fully saturated rings. The topological polar surface area (TPSA) is 144 Å². The lowest BCUT2D eigenvalue weighted by Crippen LogP contribution is -2.21. The number of hydrogen-bond acceptors (Lipinski definition) is 8. The van der Waals surface area contributed by atoms with E-state index in [0.29, 0.717) is 22.6 Å². The Morgan fingerprint density at radius 3 is 2.60 bits per heavy atom. The Bertz CT molecular complexity index is 1250. The Hall–Kier alpha value is -3.74. The number of carboxylic acid groups (broad SMARTS) is 1. The number of carbonyl (C=O) groups excluding carboxylic acids is 1. The van der Waals surface area contributed by atoms with E-state index in [9.17, 15) is 18.0 Å². The smallest absolute Gasteiger partial charge is 0.475 e. The number of carbonyl (C=O) groups is 2. The van der Waals surface area contributed by atoms with Crippen LogP contribution in [0.5, 0.6) is 0 Å². The molecule has 0 unspecified atom stereocenters. The number of benzene rings is 1. The molecule has 3 heterocycles. The maximum atomic E-state index is 11.7. The normalized spacial score (nSPS) is 11.2. The number of aromatic nitrogens is 4. The Kier molecular flexibility index (Phi) is 5.56. The van der Waals surface area contributed by atoms with Crippen LogP contribution in [0.15, 0.2) is 29.8 Å². The van der Waals surface area contributed by atoms with Gasteiger partial charge in [0.25, 0.3) is 0 Å². The Morgan fingerprint density at radius 1 is 1.27 bits per heavy atom. The lowest BCUT2D eigenvalue weighted by atomic mass is 10.1. The van der Waals surface area contributed by atoms with Crippen molar-refractivity contribution in [1.82, 2.24) is 19.9 Å². The number of anilines is 1. The molecule has 0 bridgehead atoms. The lowest BCUT2D eigenvalue weighted by Gasteiger charge is -2.00. The second-order valence-electron chi connectivity index (χ2n) is 5.71. The summed E-state index contributed by atoms with van der Waals surface area (Å²) < 4.78 is 37.6. The highest BCUT2D eigenvalue weighted by atomic mass is 32.1. The number of alkyl halides is 3. The third-order valence-electron chi connectivity index (χ3n) is 3.75. The zero-order valence-electron chi connectivity index (χ0n) is 15.0. The van der Waals surface area contributed by atoms with Gasteiger partial charge in [-0.1, -0.05) is 0 Å². The molecule has 3 aromatic heterocycles. The van der Waals surface area contributed by atoms with Crippen LogP contribution in [-0.4, -0.2) is 50.3 Å². The fourth-order valence-electron chi connectivity index (χ4n) is 2.41. The van der Waals surface area contributed by atoms with E-state index in [0.717, 1.165) is 15.6 Å². The van der Waals surface area contributed by atoms with Crippen molar-refractivity contribution in [2.75, 3.05) is 12.8 Å². The van der Waals surface area contributed by atoms with Gasteiger partial charge in [-0.2, -0.15) is 18.2 Å². The van der Waals surface area contributed by atoms with Crippen molar-refractivity contribution >= 4 is 50.5 Å². The van der Waals surface area contributed by atoms with Crippen LogP contribution in [0.25, 0.3) is 32.6 Å². The first kappa shape index (κ1) is 21.0. The van der Waals surface area contributed by atoms with Gasteiger partial charge in [0.15, 0.2) is 5.65 Å². The number of methoxy groups -OCH3 is 1. The summed E-state index contributed by atoms with van der Waals surface area (Å²) in [4.78, 5) is 36.3. The van der Waals surface area contributed by atoms with Gasteiger partial charge in [0.05, 0.1) is 18.9 Å². The van der Waals surface area contributed by atoms with Crippen molar-refractivity contribution in [2.24, 2.45) is 0 Å². The zero-order chi connectivity index (χ0) is 22.1. The standard InChI is InChI=1S/C15H11N5O2S.C2HF3O2/c1-22-14(21)7-2-3-11-8(4-7)9(6-23-11)12-18-10-5-17-15(16)20-13(10)19-12;3-2(4,5)1(6)7/h2-6H,1H3,(H3,16,17,18,19,20);(H,6,7). The Balaban J connectivity index is 0.000000318. The molecule has 4 N–H and O–H groups in total. The molecule has 4 rings (SSSR count). The number of esters is 1. The molecular formula is C17H12F3N5O4S. The number of nitrogen functional groups attached to an aromatic ring is 1. The molecule has 0 atom stereocenters. The predicted molar refractivity (Wildman–Crippen MR) is 102 cm³/mol. The first-order chi connectivity index (χ1) is 14.1. The van der Waals surface area contributed by atoms with Gasteiger partial charge in [-0.3, -0.25) is 0 Å². The molecule has 0 aliphatic rings. The quantitative estimate of drug-likeness (QED) is 0.404. The Labute approximate surface area is 169 Å². The molecule has 4 aromatic rings. The molecule has 0 saturated carbocycles. The third-order valence-corrected chi connectivity index (χ3v) is 4.71. The van der Waals surface area contributed by atoms with Gasteiger partial charge >= 0.3 is 18.1 Å². The minimum Gasteiger partial charge on any atom is -0.475 e. The molecule has 0 spiro atoms. The van der Waals surface area contributed by atoms with E-state index in [-0.39, 0.29) is 11.9 Å². The number of hydrogen-bond donors (Lipinski definition) is 3. The van der Waals surface area contributed by atoms with E-state index >= 15 is 0 Å². The second kappa shape index (κ2) is 7.94. The van der Waals surface area contributed by atoms with Gasteiger partial charge in [-0.25, -0.2) is 19.6 Å². The largest absolute Gasteiger partial charge is 0.490 e. The van der Waals surface area contributed by atoms with Crippen LogP contribution in [0.2, 0.25) is 0 Å². The van der Waals surface area contributed by atoms with Crippen LogP contribution in [0, 0.1) is 0 Å². The van der Waals surface area contributed by atoms with E-state index in [1.807, 2.05) is 11.4 Å². The summed E-state index contributed by atoms with van der Waals surface area (Å²) >= 11 is 1.58. The van der Waals surface area contributed by atoms with Crippen molar-refractivity contribution < 1.29 is 32.6 Å². The van der Waals surface area contributed by atoms with Crippen molar-refractivity contribution in [3.8, 4) is 11.4 Å². The SMILES string of the molecule is COC(=O)c1ccc2scc(-c3nc4nc(N)ncc4[nH]3)c2c1.O=C(O)C(F)(F)F. The van der Waals surface area contributed by atoms with E-state index in [1.165, 1.54) is 7.11 Å². The third kappa shape index (κ3) is 4.30. The average molecular weight is 439 g/mol.